The van der Waals surface area contributed by atoms with Crippen molar-refractivity contribution >= 4 is 11.9 Å². The molecule has 0 radical (unpaired) electrons. The summed E-state index contributed by atoms with van der Waals surface area (Å²) < 4.78 is 31.5. The third-order valence-corrected chi connectivity index (χ3v) is 6.78. The van der Waals surface area contributed by atoms with Gasteiger partial charge in [0.15, 0.2) is 5.82 Å². The van der Waals surface area contributed by atoms with Gasteiger partial charge in [-0.1, -0.05) is 17.3 Å². The highest BCUT2D eigenvalue weighted by Crippen LogP contribution is 2.34. The number of aliphatic hydroxyl groups excluding tert-OH is 1. The number of nitrogens with one attached hydrogen (secondary N) is 2. The number of aryl methyl sites for hydroxylation is 2. The van der Waals surface area contributed by atoms with Crippen molar-refractivity contribution in [1.29, 1.82) is 0 Å². The highest BCUT2D eigenvalue weighted by Gasteiger charge is 2.33. The number of carbonyl (C=O) groups excluding carboxylic acids is 1. The maximum atomic E-state index is 15.3. The number of ether oxygens (including phenoxy) is 2. The third-order valence-electron chi connectivity index (χ3n) is 6.78. The number of anilines is 1. The molecule has 0 saturated carbocycles. The van der Waals surface area contributed by atoms with Crippen LogP contribution in [0.5, 0.6) is 5.75 Å². The standard InChI is InChI=1S/C28H37FN6O5/c1-6-38-28(37)35-11-10-23(22(29)14-35)31-26-16(2)25(24-17(3)34-40-18(24)4)32-27(33-26)19-8-7-9-21(12-19)39-15-20(36)13-30-5/h7-9,12,20,22-23,30,36H,6,10-11,13-15H2,1-5H3,(H,31,32,33)/t20?,22-,23-/m1/s1. The van der Waals surface area contributed by atoms with Crippen LogP contribution in [0.15, 0.2) is 28.8 Å². The van der Waals surface area contributed by atoms with E-state index >= 15 is 4.39 Å². The Balaban J connectivity index is 1.66. The van der Waals surface area contributed by atoms with E-state index in [1.165, 1.54) is 4.90 Å². The summed E-state index contributed by atoms with van der Waals surface area (Å²) >= 11 is 0. The van der Waals surface area contributed by atoms with Crippen molar-refractivity contribution < 1.29 is 28.3 Å². The van der Waals surface area contributed by atoms with Crippen LogP contribution in [0.3, 0.4) is 0 Å². The largest absolute Gasteiger partial charge is 0.491 e. The van der Waals surface area contributed by atoms with Crippen LogP contribution >= 0.6 is 0 Å². The van der Waals surface area contributed by atoms with E-state index in [2.05, 4.69) is 15.8 Å². The highest BCUT2D eigenvalue weighted by atomic mass is 19.1. The third kappa shape index (κ3) is 6.68. The van der Waals surface area contributed by atoms with E-state index in [0.717, 1.165) is 11.1 Å². The average Bonchev–Trinajstić information content (AvgIpc) is 3.27. The van der Waals surface area contributed by atoms with Gasteiger partial charge in [0.05, 0.1) is 36.1 Å². The zero-order chi connectivity index (χ0) is 28.8. The Morgan fingerprint density at radius 2 is 2.10 bits per heavy atom. The molecule has 216 valence electrons. The summed E-state index contributed by atoms with van der Waals surface area (Å²) in [4.78, 5) is 23.2. The molecule has 1 aromatic carbocycles. The van der Waals surface area contributed by atoms with E-state index < -0.39 is 24.4 Å². The molecule has 3 atom stereocenters. The summed E-state index contributed by atoms with van der Waals surface area (Å²) in [6, 6.07) is 6.71. The number of rotatable bonds is 10. The van der Waals surface area contributed by atoms with Gasteiger partial charge >= 0.3 is 6.09 Å². The van der Waals surface area contributed by atoms with Crippen molar-refractivity contribution in [3.8, 4) is 28.4 Å². The predicted molar refractivity (Wildman–Crippen MR) is 148 cm³/mol. The van der Waals surface area contributed by atoms with Crippen molar-refractivity contribution in [3.05, 3.63) is 41.3 Å². The van der Waals surface area contributed by atoms with Crippen LogP contribution in [0.1, 0.15) is 30.4 Å². The minimum absolute atomic E-state index is 0.0665. The molecule has 4 rings (SSSR count). The van der Waals surface area contributed by atoms with E-state index in [9.17, 15) is 9.90 Å². The van der Waals surface area contributed by atoms with E-state index in [1.54, 1.807) is 26.1 Å². The first kappa shape index (κ1) is 29.2. The molecule has 1 unspecified atom stereocenters. The fourth-order valence-electron chi connectivity index (χ4n) is 4.69. The zero-order valence-corrected chi connectivity index (χ0v) is 23.5. The monoisotopic (exact) mass is 556 g/mol. The quantitative estimate of drug-likeness (QED) is 0.340. The highest BCUT2D eigenvalue weighted by molar-refractivity contribution is 5.75. The Morgan fingerprint density at radius 1 is 1.30 bits per heavy atom. The van der Waals surface area contributed by atoms with Gasteiger partial charge in [0.25, 0.3) is 0 Å². The number of likely N-dealkylation sites (N-methyl/N-ethyl adjacent to an activating group) is 1. The Kier molecular flexibility index (Phi) is 9.54. The smallest absolute Gasteiger partial charge is 0.409 e. The molecule has 3 aromatic rings. The molecule has 1 aliphatic heterocycles. The van der Waals surface area contributed by atoms with Crippen molar-refractivity contribution in [2.24, 2.45) is 0 Å². The van der Waals surface area contributed by atoms with Gasteiger partial charge in [-0.05, 0) is 53.3 Å². The molecule has 11 nitrogen and oxygen atoms in total. The van der Waals surface area contributed by atoms with Gasteiger partial charge in [-0.25, -0.2) is 19.2 Å². The van der Waals surface area contributed by atoms with E-state index in [4.69, 9.17) is 24.0 Å². The van der Waals surface area contributed by atoms with Crippen molar-refractivity contribution in [2.45, 2.75) is 52.4 Å². The Morgan fingerprint density at radius 3 is 2.77 bits per heavy atom. The van der Waals surface area contributed by atoms with Gasteiger partial charge in [-0.2, -0.15) is 0 Å². The van der Waals surface area contributed by atoms with E-state index in [0.29, 0.717) is 59.6 Å². The number of likely N-dealkylation sites (tertiary alicyclic amines) is 1. The lowest BCUT2D eigenvalue weighted by atomic mass is 10.0. The Bertz CT molecular complexity index is 1300. The second-order valence-electron chi connectivity index (χ2n) is 9.82. The lowest BCUT2D eigenvalue weighted by Crippen LogP contribution is -2.50. The molecular weight excluding hydrogens is 519 g/mol. The second kappa shape index (κ2) is 13.1. The number of alkyl halides is 1. The molecule has 40 heavy (non-hydrogen) atoms. The molecule has 1 amide bonds. The van der Waals surface area contributed by atoms with E-state index in [1.807, 2.05) is 32.9 Å². The fourth-order valence-corrected chi connectivity index (χ4v) is 4.69. The molecular formula is C28H37FN6O5. The van der Waals surface area contributed by atoms with Gasteiger partial charge in [-0.15, -0.1) is 0 Å². The molecule has 2 aromatic heterocycles. The molecule has 3 heterocycles. The fraction of sp³-hybridized carbons (Fsp3) is 0.500. The zero-order valence-electron chi connectivity index (χ0n) is 23.5. The summed E-state index contributed by atoms with van der Waals surface area (Å²) in [6.45, 7) is 8.32. The van der Waals surface area contributed by atoms with Crippen LogP contribution in [-0.4, -0.2) is 89.4 Å². The summed E-state index contributed by atoms with van der Waals surface area (Å²) in [5, 5.41) is 20.3. The first-order chi connectivity index (χ1) is 19.2. The predicted octanol–water partition coefficient (Wildman–Crippen LogP) is 3.66. The first-order valence-corrected chi connectivity index (χ1v) is 13.4. The number of aromatic nitrogens is 3. The molecule has 0 spiro atoms. The Labute approximate surface area is 233 Å². The number of nitrogens with zero attached hydrogens (tertiary/aromatic N) is 4. The maximum absolute atomic E-state index is 15.3. The summed E-state index contributed by atoms with van der Waals surface area (Å²) in [5.41, 5.74) is 3.46. The van der Waals surface area contributed by atoms with Crippen LogP contribution in [0.2, 0.25) is 0 Å². The number of halogens is 1. The van der Waals surface area contributed by atoms with Gasteiger partial charge in [0.1, 0.15) is 36.2 Å². The second-order valence-corrected chi connectivity index (χ2v) is 9.82. The lowest BCUT2D eigenvalue weighted by Gasteiger charge is -2.35. The van der Waals surface area contributed by atoms with Crippen LogP contribution < -0.4 is 15.4 Å². The number of piperidine rings is 1. The SMILES string of the molecule is CCOC(=O)N1CC[C@@H](Nc2nc(-c3cccc(OCC(O)CNC)c3)nc(-c3c(C)noc3C)c2C)[C@H](F)C1. The van der Waals surface area contributed by atoms with E-state index in [-0.39, 0.29) is 19.8 Å². The molecule has 3 N–H and O–H groups in total. The summed E-state index contributed by atoms with van der Waals surface area (Å²) in [6.07, 6.45) is -2.10. The lowest BCUT2D eigenvalue weighted by molar-refractivity contribution is 0.0760. The summed E-state index contributed by atoms with van der Waals surface area (Å²) in [7, 11) is 1.76. The number of amides is 1. The van der Waals surface area contributed by atoms with Crippen molar-refractivity contribution in [1.82, 2.24) is 25.3 Å². The van der Waals surface area contributed by atoms with Gasteiger partial charge in [0, 0.05) is 24.2 Å². The molecule has 1 aliphatic rings. The minimum Gasteiger partial charge on any atom is -0.491 e. The molecule has 1 fully saturated rings. The number of benzene rings is 1. The van der Waals surface area contributed by atoms with Crippen molar-refractivity contribution in [2.75, 3.05) is 45.2 Å². The van der Waals surface area contributed by atoms with Gasteiger partial charge in [-0.3, -0.25) is 0 Å². The average molecular weight is 557 g/mol. The normalized spacial score (nSPS) is 17.9. The molecule has 0 aliphatic carbocycles. The number of hydrogen-bond acceptors (Lipinski definition) is 10. The van der Waals surface area contributed by atoms with Crippen molar-refractivity contribution in [3.63, 3.8) is 0 Å². The Hall–Kier alpha value is -3.77. The number of carbonyl (C=O) groups is 1. The summed E-state index contributed by atoms with van der Waals surface area (Å²) in [5.74, 6) is 2.05. The maximum Gasteiger partial charge on any atom is 0.409 e. The topological polar surface area (TPSA) is 135 Å². The first-order valence-electron chi connectivity index (χ1n) is 13.4. The van der Waals surface area contributed by atoms with Crippen LogP contribution in [0.25, 0.3) is 22.6 Å². The number of hydrogen-bond donors (Lipinski definition) is 3. The molecule has 0 bridgehead atoms. The molecule has 12 heteroatoms. The minimum atomic E-state index is -1.32. The van der Waals surface area contributed by atoms with Gasteiger partial charge < -0.3 is 34.6 Å². The van der Waals surface area contributed by atoms with Crippen LogP contribution in [0, 0.1) is 20.8 Å². The number of aliphatic hydroxyl groups is 1. The van der Waals surface area contributed by atoms with Crippen LogP contribution in [-0.2, 0) is 4.74 Å². The molecule has 1 saturated heterocycles. The van der Waals surface area contributed by atoms with Crippen LogP contribution in [0.4, 0.5) is 15.0 Å². The van der Waals surface area contributed by atoms with Gasteiger partial charge in [0.2, 0.25) is 0 Å².